The number of aromatic nitrogens is 2. The normalized spacial score (nSPS) is 19.2. The molecule has 110 valence electrons. The highest BCUT2D eigenvalue weighted by atomic mass is 19.4. The lowest BCUT2D eigenvalue weighted by atomic mass is 10.3. The van der Waals surface area contributed by atoms with Crippen LogP contribution in [0.15, 0.2) is 12.4 Å². The van der Waals surface area contributed by atoms with E-state index in [-0.39, 0.29) is 19.1 Å². The summed E-state index contributed by atoms with van der Waals surface area (Å²) in [5.74, 6) is -1.60. The summed E-state index contributed by atoms with van der Waals surface area (Å²) < 4.78 is 54.2. The molecule has 5 nitrogen and oxygen atoms in total. The molecule has 0 aliphatic carbocycles. The molecule has 1 atom stereocenters. The Hall–Kier alpha value is -1.93. The van der Waals surface area contributed by atoms with Gasteiger partial charge in [0.1, 0.15) is 12.5 Å². The van der Waals surface area contributed by atoms with Crippen LogP contribution in [0.5, 0.6) is 6.01 Å². The minimum atomic E-state index is -4.52. The second-order valence-electron chi connectivity index (χ2n) is 4.34. The number of rotatable bonds is 3. The van der Waals surface area contributed by atoms with E-state index < -0.39 is 30.4 Å². The molecule has 20 heavy (non-hydrogen) atoms. The van der Waals surface area contributed by atoms with Gasteiger partial charge in [-0.05, 0) is 0 Å². The van der Waals surface area contributed by atoms with Crippen molar-refractivity contribution < 1.29 is 27.1 Å². The lowest BCUT2D eigenvalue weighted by molar-refractivity contribution is -0.160. The van der Waals surface area contributed by atoms with Crippen LogP contribution >= 0.6 is 0 Å². The van der Waals surface area contributed by atoms with Gasteiger partial charge in [0.05, 0.1) is 18.9 Å². The SMILES string of the molecule is O=C(CC(F)(F)F)N1CCC(Oc2ncc(F)cn2)C1. The van der Waals surface area contributed by atoms with E-state index >= 15 is 0 Å². The van der Waals surface area contributed by atoms with Crippen molar-refractivity contribution in [2.75, 3.05) is 13.1 Å². The van der Waals surface area contributed by atoms with Gasteiger partial charge in [-0.1, -0.05) is 0 Å². The third-order valence-corrected chi connectivity index (χ3v) is 2.72. The standard InChI is InChI=1S/C11H11F4N3O2/c12-7-4-16-10(17-5-7)20-8-1-2-18(6-8)9(19)3-11(13,14)15/h4-5,8H,1-3,6H2. The van der Waals surface area contributed by atoms with E-state index in [4.69, 9.17) is 4.74 Å². The van der Waals surface area contributed by atoms with Crippen molar-refractivity contribution in [3.63, 3.8) is 0 Å². The molecule has 1 aromatic rings. The van der Waals surface area contributed by atoms with Gasteiger partial charge in [0.15, 0.2) is 5.82 Å². The van der Waals surface area contributed by atoms with Crippen LogP contribution in [0.2, 0.25) is 0 Å². The van der Waals surface area contributed by atoms with E-state index in [0.29, 0.717) is 6.42 Å². The summed E-state index contributed by atoms with van der Waals surface area (Å²) in [4.78, 5) is 19.6. The maximum Gasteiger partial charge on any atom is 0.397 e. The fraction of sp³-hybridized carbons (Fsp3) is 0.545. The number of alkyl halides is 3. The Morgan fingerprint density at radius 3 is 2.65 bits per heavy atom. The van der Waals surface area contributed by atoms with Crippen LogP contribution in [0.4, 0.5) is 17.6 Å². The molecule has 1 aromatic heterocycles. The number of nitrogens with zero attached hydrogens (tertiary/aromatic N) is 3. The minimum absolute atomic E-state index is 0.0374. The maximum absolute atomic E-state index is 12.6. The second-order valence-corrected chi connectivity index (χ2v) is 4.34. The first-order valence-corrected chi connectivity index (χ1v) is 5.82. The predicted molar refractivity (Wildman–Crippen MR) is 58.3 cm³/mol. The van der Waals surface area contributed by atoms with Gasteiger partial charge in [0.25, 0.3) is 0 Å². The highest BCUT2D eigenvalue weighted by molar-refractivity contribution is 5.77. The zero-order chi connectivity index (χ0) is 14.8. The first-order chi connectivity index (χ1) is 9.33. The molecule has 1 saturated heterocycles. The quantitative estimate of drug-likeness (QED) is 0.793. The third-order valence-electron chi connectivity index (χ3n) is 2.72. The Labute approximate surface area is 111 Å². The first kappa shape index (κ1) is 14.5. The molecule has 0 aromatic carbocycles. The Kier molecular flexibility index (Phi) is 4.05. The van der Waals surface area contributed by atoms with E-state index in [1.807, 2.05) is 0 Å². The van der Waals surface area contributed by atoms with Crippen molar-refractivity contribution in [3.8, 4) is 6.01 Å². The summed E-state index contributed by atoms with van der Waals surface area (Å²) in [5, 5.41) is 0. The molecule has 1 amide bonds. The van der Waals surface area contributed by atoms with Gasteiger partial charge in [-0.25, -0.2) is 14.4 Å². The Morgan fingerprint density at radius 2 is 2.05 bits per heavy atom. The highest BCUT2D eigenvalue weighted by Gasteiger charge is 2.36. The molecule has 0 N–H and O–H groups in total. The molecular formula is C11H11F4N3O2. The molecule has 0 saturated carbocycles. The monoisotopic (exact) mass is 293 g/mol. The summed E-state index contributed by atoms with van der Waals surface area (Å²) >= 11 is 0. The smallest absolute Gasteiger partial charge is 0.397 e. The lowest BCUT2D eigenvalue weighted by Crippen LogP contribution is -2.34. The number of carbonyl (C=O) groups excluding carboxylic acids is 1. The van der Waals surface area contributed by atoms with E-state index in [9.17, 15) is 22.4 Å². The van der Waals surface area contributed by atoms with Gasteiger partial charge in [-0.3, -0.25) is 4.79 Å². The summed E-state index contributed by atoms with van der Waals surface area (Å²) in [5.41, 5.74) is 0. The second kappa shape index (κ2) is 5.59. The van der Waals surface area contributed by atoms with Crippen LogP contribution in [0.1, 0.15) is 12.8 Å². The van der Waals surface area contributed by atoms with Gasteiger partial charge in [0.2, 0.25) is 5.91 Å². The largest absolute Gasteiger partial charge is 0.458 e. The van der Waals surface area contributed by atoms with Crippen molar-refractivity contribution in [1.82, 2.24) is 14.9 Å². The summed E-state index contributed by atoms with van der Waals surface area (Å²) in [6.45, 7) is 0.219. The number of halogens is 4. The average Bonchev–Trinajstić information content (AvgIpc) is 2.79. The molecule has 2 heterocycles. The van der Waals surface area contributed by atoms with Crippen LogP contribution in [0.25, 0.3) is 0 Å². The van der Waals surface area contributed by atoms with Crippen LogP contribution in [0, 0.1) is 5.82 Å². The molecule has 0 bridgehead atoms. The van der Waals surface area contributed by atoms with Crippen LogP contribution < -0.4 is 4.74 Å². The van der Waals surface area contributed by atoms with Crippen LogP contribution in [0.3, 0.4) is 0 Å². The fourth-order valence-electron chi connectivity index (χ4n) is 1.84. The number of hydrogen-bond acceptors (Lipinski definition) is 4. The Balaban J connectivity index is 1.86. The van der Waals surface area contributed by atoms with Gasteiger partial charge >= 0.3 is 12.2 Å². The lowest BCUT2D eigenvalue weighted by Gasteiger charge is -2.17. The van der Waals surface area contributed by atoms with E-state index in [0.717, 1.165) is 17.3 Å². The van der Waals surface area contributed by atoms with Gasteiger partial charge in [-0.15, -0.1) is 0 Å². The average molecular weight is 293 g/mol. The number of amides is 1. The summed E-state index contributed by atoms with van der Waals surface area (Å²) in [6.07, 6.45) is -4.27. The number of likely N-dealkylation sites (tertiary alicyclic amines) is 1. The first-order valence-electron chi connectivity index (χ1n) is 5.82. The van der Waals surface area contributed by atoms with Crippen molar-refractivity contribution in [2.24, 2.45) is 0 Å². The molecule has 1 unspecified atom stereocenters. The van der Waals surface area contributed by atoms with Crippen molar-refractivity contribution in [2.45, 2.75) is 25.1 Å². The van der Waals surface area contributed by atoms with Gasteiger partial charge in [0, 0.05) is 13.0 Å². The molecule has 1 aliphatic heterocycles. The topological polar surface area (TPSA) is 55.3 Å². The van der Waals surface area contributed by atoms with Crippen LogP contribution in [-0.4, -0.2) is 46.1 Å². The zero-order valence-corrected chi connectivity index (χ0v) is 10.2. The van der Waals surface area contributed by atoms with Gasteiger partial charge in [-0.2, -0.15) is 13.2 Å². The van der Waals surface area contributed by atoms with Crippen molar-refractivity contribution >= 4 is 5.91 Å². The van der Waals surface area contributed by atoms with E-state index in [2.05, 4.69) is 9.97 Å². The molecular weight excluding hydrogens is 282 g/mol. The Morgan fingerprint density at radius 1 is 1.40 bits per heavy atom. The zero-order valence-electron chi connectivity index (χ0n) is 10.2. The Bertz CT molecular complexity index is 478. The molecule has 0 spiro atoms. The van der Waals surface area contributed by atoms with E-state index in [1.165, 1.54) is 0 Å². The van der Waals surface area contributed by atoms with Crippen molar-refractivity contribution in [3.05, 3.63) is 18.2 Å². The minimum Gasteiger partial charge on any atom is -0.458 e. The van der Waals surface area contributed by atoms with Gasteiger partial charge < -0.3 is 9.64 Å². The molecule has 2 rings (SSSR count). The molecule has 1 aliphatic rings. The summed E-state index contributed by atoms with van der Waals surface area (Å²) in [6, 6.07) is -0.0680. The summed E-state index contributed by atoms with van der Waals surface area (Å²) in [7, 11) is 0. The van der Waals surface area contributed by atoms with E-state index in [1.54, 1.807) is 0 Å². The molecule has 1 fully saturated rings. The van der Waals surface area contributed by atoms with Crippen LogP contribution in [-0.2, 0) is 4.79 Å². The molecule has 0 radical (unpaired) electrons. The van der Waals surface area contributed by atoms with Crippen molar-refractivity contribution in [1.29, 1.82) is 0 Å². The molecule has 9 heteroatoms. The third kappa shape index (κ3) is 4.04. The number of carbonyl (C=O) groups is 1. The predicted octanol–water partition coefficient (Wildman–Crippen LogP) is 1.55. The number of ether oxygens (including phenoxy) is 1. The highest BCUT2D eigenvalue weighted by Crippen LogP contribution is 2.23. The maximum atomic E-state index is 12.6. The fourth-order valence-corrected chi connectivity index (χ4v) is 1.84. The number of hydrogen-bond donors (Lipinski definition) is 0.